The van der Waals surface area contributed by atoms with Gasteiger partial charge in [-0.25, -0.2) is 0 Å². The van der Waals surface area contributed by atoms with Crippen LogP contribution in [0, 0.1) is 0 Å². The van der Waals surface area contributed by atoms with E-state index < -0.39 is 0 Å². The molecule has 0 saturated carbocycles. The van der Waals surface area contributed by atoms with Crippen LogP contribution in [0.5, 0.6) is 5.75 Å². The van der Waals surface area contributed by atoms with Gasteiger partial charge in [-0.15, -0.1) is 0 Å². The SMILES string of the molecule is COc1cc(C(C)C)ccc1C(Br)N(C)C. The highest BCUT2D eigenvalue weighted by Crippen LogP contribution is 2.34. The number of halogens is 1. The normalized spacial score (nSPS) is 13.2. The smallest absolute Gasteiger partial charge is 0.124 e. The lowest BCUT2D eigenvalue weighted by Crippen LogP contribution is -2.15. The van der Waals surface area contributed by atoms with Crippen molar-refractivity contribution in [1.82, 2.24) is 4.90 Å². The number of hydrogen-bond acceptors (Lipinski definition) is 2. The van der Waals surface area contributed by atoms with E-state index >= 15 is 0 Å². The van der Waals surface area contributed by atoms with Crippen molar-refractivity contribution in [2.75, 3.05) is 21.2 Å². The average Bonchev–Trinajstić information content (AvgIpc) is 2.26. The Morgan fingerprint density at radius 2 is 1.88 bits per heavy atom. The van der Waals surface area contributed by atoms with Crippen LogP contribution in [-0.2, 0) is 0 Å². The maximum Gasteiger partial charge on any atom is 0.124 e. The van der Waals surface area contributed by atoms with Crippen molar-refractivity contribution >= 4 is 15.9 Å². The lowest BCUT2D eigenvalue weighted by Gasteiger charge is -2.21. The second-order valence-electron chi connectivity index (χ2n) is 4.46. The summed E-state index contributed by atoms with van der Waals surface area (Å²) >= 11 is 3.65. The van der Waals surface area contributed by atoms with Crippen LogP contribution in [0.3, 0.4) is 0 Å². The summed E-state index contributed by atoms with van der Waals surface area (Å²) in [5, 5.41) is 0. The van der Waals surface area contributed by atoms with E-state index in [-0.39, 0.29) is 4.95 Å². The van der Waals surface area contributed by atoms with E-state index in [0.29, 0.717) is 5.92 Å². The molecule has 0 aliphatic rings. The van der Waals surface area contributed by atoms with E-state index in [1.807, 2.05) is 14.1 Å². The molecule has 0 aliphatic carbocycles. The van der Waals surface area contributed by atoms with Gasteiger partial charge in [0.25, 0.3) is 0 Å². The molecule has 0 fully saturated rings. The first-order valence-electron chi connectivity index (χ1n) is 5.45. The third kappa shape index (κ3) is 2.98. The molecule has 0 aromatic heterocycles. The summed E-state index contributed by atoms with van der Waals surface area (Å²) in [4.78, 5) is 2.29. The molecule has 16 heavy (non-hydrogen) atoms. The van der Waals surface area contributed by atoms with Crippen LogP contribution >= 0.6 is 15.9 Å². The van der Waals surface area contributed by atoms with Gasteiger partial charge >= 0.3 is 0 Å². The average molecular weight is 286 g/mol. The van der Waals surface area contributed by atoms with Gasteiger partial charge in [-0.1, -0.05) is 41.9 Å². The molecule has 0 saturated heterocycles. The molecule has 1 aromatic rings. The summed E-state index contributed by atoms with van der Waals surface area (Å²) in [6, 6.07) is 6.42. The molecule has 2 nitrogen and oxygen atoms in total. The molecular formula is C13H20BrNO. The van der Waals surface area contributed by atoms with Crippen LogP contribution in [0.1, 0.15) is 35.8 Å². The molecule has 0 heterocycles. The first kappa shape index (κ1) is 13.5. The predicted octanol–water partition coefficient (Wildman–Crippen LogP) is 3.77. The summed E-state index contributed by atoms with van der Waals surface area (Å²) in [7, 11) is 5.79. The predicted molar refractivity (Wildman–Crippen MR) is 72.4 cm³/mol. The van der Waals surface area contributed by atoms with Crippen molar-refractivity contribution < 1.29 is 4.74 Å². The zero-order valence-electron chi connectivity index (χ0n) is 10.6. The van der Waals surface area contributed by atoms with E-state index in [1.165, 1.54) is 5.56 Å². The van der Waals surface area contributed by atoms with Gasteiger partial charge in [0.1, 0.15) is 5.75 Å². The van der Waals surface area contributed by atoms with Crippen LogP contribution in [0.2, 0.25) is 0 Å². The molecule has 90 valence electrons. The van der Waals surface area contributed by atoms with Crippen molar-refractivity contribution in [3.8, 4) is 5.75 Å². The van der Waals surface area contributed by atoms with Crippen LogP contribution in [0.25, 0.3) is 0 Å². The monoisotopic (exact) mass is 285 g/mol. The van der Waals surface area contributed by atoms with E-state index in [2.05, 4.69) is 52.9 Å². The zero-order valence-corrected chi connectivity index (χ0v) is 12.2. The van der Waals surface area contributed by atoms with Gasteiger partial charge < -0.3 is 4.74 Å². The lowest BCUT2D eigenvalue weighted by atomic mass is 10.0. The van der Waals surface area contributed by atoms with Crippen LogP contribution in [0.4, 0.5) is 0 Å². The Bertz CT molecular complexity index is 350. The maximum atomic E-state index is 5.45. The number of benzene rings is 1. The summed E-state index contributed by atoms with van der Waals surface area (Å²) in [5.74, 6) is 1.47. The number of ether oxygens (including phenoxy) is 1. The minimum Gasteiger partial charge on any atom is -0.496 e. The molecule has 1 unspecified atom stereocenters. The number of rotatable bonds is 4. The Hall–Kier alpha value is -0.540. The largest absolute Gasteiger partial charge is 0.496 e. The number of alkyl halides is 1. The second-order valence-corrected chi connectivity index (χ2v) is 5.32. The Morgan fingerprint density at radius 3 is 2.31 bits per heavy atom. The van der Waals surface area contributed by atoms with Crippen molar-refractivity contribution in [1.29, 1.82) is 0 Å². The van der Waals surface area contributed by atoms with Crippen molar-refractivity contribution in [2.24, 2.45) is 0 Å². The third-order valence-electron chi connectivity index (χ3n) is 2.63. The molecule has 3 heteroatoms. The highest BCUT2D eigenvalue weighted by Gasteiger charge is 2.15. The first-order valence-corrected chi connectivity index (χ1v) is 6.37. The first-order chi connectivity index (χ1) is 7.47. The van der Waals surface area contributed by atoms with Crippen LogP contribution in [0.15, 0.2) is 18.2 Å². The number of nitrogens with zero attached hydrogens (tertiary/aromatic N) is 1. The molecular weight excluding hydrogens is 266 g/mol. The van der Waals surface area contributed by atoms with Gasteiger partial charge in [-0.3, -0.25) is 4.90 Å². The second kappa shape index (κ2) is 5.69. The Balaban J connectivity index is 3.11. The molecule has 0 radical (unpaired) electrons. The number of methoxy groups -OCH3 is 1. The Labute approximate surface area is 107 Å². The molecule has 0 spiro atoms. The van der Waals surface area contributed by atoms with E-state index in [1.54, 1.807) is 7.11 Å². The molecule has 0 aliphatic heterocycles. The maximum absolute atomic E-state index is 5.45. The van der Waals surface area contributed by atoms with Gasteiger partial charge in [0.2, 0.25) is 0 Å². The summed E-state index contributed by atoms with van der Waals surface area (Å²) in [6.07, 6.45) is 0. The number of hydrogen-bond donors (Lipinski definition) is 0. The van der Waals surface area contributed by atoms with Crippen molar-refractivity contribution in [3.05, 3.63) is 29.3 Å². The Kier molecular flexibility index (Phi) is 4.81. The molecule has 0 amide bonds. The van der Waals surface area contributed by atoms with E-state index in [0.717, 1.165) is 11.3 Å². The van der Waals surface area contributed by atoms with E-state index in [4.69, 9.17) is 4.74 Å². The van der Waals surface area contributed by atoms with Gasteiger partial charge in [0.15, 0.2) is 0 Å². The minimum atomic E-state index is 0.184. The summed E-state index contributed by atoms with van der Waals surface area (Å²) in [6.45, 7) is 4.37. The van der Waals surface area contributed by atoms with Crippen LogP contribution in [-0.4, -0.2) is 26.1 Å². The minimum absolute atomic E-state index is 0.184. The van der Waals surface area contributed by atoms with Gasteiger partial charge in [0.05, 0.1) is 12.1 Å². The van der Waals surface area contributed by atoms with Gasteiger partial charge in [0, 0.05) is 5.56 Å². The molecule has 0 bridgehead atoms. The summed E-state index contributed by atoms with van der Waals surface area (Å²) in [5.41, 5.74) is 2.47. The molecule has 0 N–H and O–H groups in total. The van der Waals surface area contributed by atoms with Crippen LogP contribution < -0.4 is 4.74 Å². The lowest BCUT2D eigenvalue weighted by molar-refractivity contribution is 0.368. The van der Waals surface area contributed by atoms with Crippen molar-refractivity contribution in [3.63, 3.8) is 0 Å². The third-order valence-corrected chi connectivity index (χ3v) is 3.95. The standard InChI is InChI=1S/C13H20BrNO/c1-9(2)10-6-7-11(12(8-10)16-5)13(14)15(3)4/h6-9,13H,1-5H3. The quantitative estimate of drug-likeness (QED) is 0.617. The zero-order chi connectivity index (χ0) is 12.3. The Morgan fingerprint density at radius 1 is 1.25 bits per heavy atom. The van der Waals surface area contributed by atoms with E-state index in [9.17, 15) is 0 Å². The fourth-order valence-corrected chi connectivity index (χ4v) is 1.94. The fraction of sp³-hybridized carbons (Fsp3) is 0.538. The van der Waals surface area contributed by atoms with Gasteiger partial charge in [-0.2, -0.15) is 0 Å². The van der Waals surface area contributed by atoms with Crippen molar-refractivity contribution in [2.45, 2.75) is 24.7 Å². The molecule has 1 atom stereocenters. The molecule has 1 aromatic carbocycles. The summed E-state index contributed by atoms with van der Waals surface area (Å²) < 4.78 is 5.45. The topological polar surface area (TPSA) is 12.5 Å². The fourth-order valence-electron chi connectivity index (χ4n) is 1.56. The molecule has 1 rings (SSSR count). The highest BCUT2D eigenvalue weighted by molar-refractivity contribution is 9.09. The highest BCUT2D eigenvalue weighted by atomic mass is 79.9. The van der Waals surface area contributed by atoms with Gasteiger partial charge in [-0.05, 0) is 31.6 Å².